The van der Waals surface area contributed by atoms with Gasteiger partial charge in [-0.2, -0.15) is 39.5 Å². The summed E-state index contributed by atoms with van der Waals surface area (Å²) in [5, 5.41) is 9.09. The van der Waals surface area contributed by atoms with Crippen molar-refractivity contribution in [1.29, 1.82) is 0 Å². The first kappa shape index (κ1) is 27.6. The van der Waals surface area contributed by atoms with Crippen LogP contribution in [-0.4, -0.2) is 22.5 Å². The quantitative estimate of drug-likeness (QED) is 0.329. The molecular weight excluding hydrogens is 505 g/mol. The van der Waals surface area contributed by atoms with E-state index in [1.165, 1.54) is 11.8 Å². The lowest BCUT2D eigenvalue weighted by molar-refractivity contribution is -0.142. The van der Waals surface area contributed by atoms with Crippen molar-refractivity contribution in [3.05, 3.63) is 81.9 Å². The molecule has 0 radical (unpaired) electrons. The Morgan fingerprint density at radius 3 is 1.97 bits per heavy atom. The molecule has 0 aromatic heterocycles. The fraction of sp³-hybridized carbons (Fsp3) is 0.375. The zero-order valence-electron chi connectivity index (χ0n) is 18.6. The summed E-state index contributed by atoms with van der Waals surface area (Å²) in [5.74, 6) is -1.27. The van der Waals surface area contributed by atoms with E-state index in [2.05, 4.69) is 0 Å². The van der Waals surface area contributed by atoms with Crippen LogP contribution in [0.15, 0.2) is 54.1 Å². The molecule has 1 aliphatic rings. The van der Waals surface area contributed by atoms with Crippen LogP contribution in [0.3, 0.4) is 0 Å². The molecular formula is C24H20F9NO2. The van der Waals surface area contributed by atoms with E-state index in [-0.39, 0.29) is 24.9 Å². The number of hydrogen-bond acceptors (Lipinski definition) is 2. The Bertz CT molecular complexity index is 1130. The molecule has 2 unspecified atom stereocenters. The lowest BCUT2D eigenvalue weighted by Crippen LogP contribution is -2.37. The topological polar surface area (TPSA) is 40.5 Å². The SMILES string of the molecule is CC(c1cc(C(F)(F)F)ccc1C(F)(F)F)N1CC/C(=C/C(=O)O)CC1c1ccc(C(F)(F)F)cc1. The molecule has 0 bridgehead atoms. The van der Waals surface area contributed by atoms with Gasteiger partial charge >= 0.3 is 24.5 Å². The molecule has 1 heterocycles. The highest BCUT2D eigenvalue weighted by Crippen LogP contribution is 2.45. The van der Waals surface area contributed by atoms with Crippen molar-refractivity contribution in [3.63, 3.8) is 0 Å². The summed E-state index contributed by atoms with van der Waals surface area (Å²) < 4.78 is 120. The standard InChI is InChI=1S/C24H20F9NO2/c1-13(18-12-17(23(28,29)30)6-7-19(18)24(31,32)33)34-9-8-14(11-21(35)36)10-20(34)15-2-4-16(5-3-15)22(25,26)27/h2-7,11-13,20H,8-10H2,1H3,(H,35,36)/b14-11-. The van der Waals surface area contributed by atoms with Crippen molar-refractivity contribution in [3.8, 4) is 0 Å². The first-order valence-corrected chi connectivity index (χ1v) is 10.6. The molecule has 1 N–H and O–H groups in total. The van der Waals surface area contributed by atoms with Crippen LogP contribution >= 0.6 is 0 Å². The van der Waals surface area contributed by atoms with Crippen LogP contribution in [0.2, 0.25) is 0 Å². The maximum absolute atomic E-state index is 13.7. The number of nitrogens with zero attached hydrogens (tertiary/aromatic N) is 1. The summed E-state index contributed by atoms with van der Waals surface area (Å²) in [7, 11) is 0. The van der Waals surface area contributed by atoms with Gasteiger partial charge in [-0.1, -0.05) is 17.7 Å². The third-order valence-electron chi connectivity index (χ3n) is 6.13. The van der Waals surface area contributed by atoms with E-state index in [4.69, 9.17) is 5.11 Å². The van der Waals surface area contributed by atoms with Crippen molar-refractivity contribution in [2.45, 2.75) is 50.4 Å². The Hall–Kier alpha value is -3.02. The molecule has 2 aromatic rings. The van der Waals surface area contributed by atoms with Crippen molar-refractivity contribution in [1.82, 2.24) is 4.90 Å². The molecule has 2 aromatic carbocycles. The number of rotatable bonds is 4. The number of carbonyl (C=O) groups is 1. The van der Waals surface area contributed by atoms with Gasteiger partial charge in [0.05, 0.1) is 16.7 Å². The van der Waals surface area contributed by atoms with Crippen LogP contribution < -0.4 is 0 Å². The van der Waals surface area contributed by atoms with Crippen LogP contribution in [-0.2, 0) is 23.3 Å². The number of aliphatic carboxylic acids is 1. The molecule has 0 saturated carbocycles. The van der Waals surface area contributed by atoms with Gasteiger partial charge in [-0.25, -0.2) is 4.79 Å². The molecule has 1 fully saturated rings. The summed E-state index contributed by atoms with van der Waals surface area (Å²) in [6, 6.07) is 2.87. The zero-order valence-corrected chi connectivity index (χ0v) is 18.6. The number of carboxylic acids is 1. The van der Waals surface area contributed by atoms with Gasteiger partial charge in [-0.05, 0) is 61.2 Å². The Morgan fingerprint density at radius 1 is 0.917 bits per heavy atom. The second kappa shape index (κ2) is 9.79. The highest BCUT2D eigenvalue weighted by molar-refractivity contribution is 5.80. The Kier molecular flexibility index (Phi) is 7.50. The summed E-state index contributed by atoms with van der Waals surface area (Å²) in [5.41, 5.74) is -3.48. The highest BCUT2D eigenvalue weighted by atomic mass is 19.4. The van der Waals surface area contributed by atoms with E-state index >= 15 is 0 Å². The first-order chi connectivity index (χ1) is 16.5. The molecule has 1 saturated heterocycles. The number of piperidine rings is 1. The second-order valence-corrected chi connectivity index (χ2v) is 8.44. The number of benzene rings is 2. The average molecular weight is 525 g/mol. The maximum atomic E-state index is 13.7. The third kappa shape index (κ3) is 6.21. The number of carboxylic acid groups (broad SMARTS) is 1. The van der Waals surface area contributed by atoms with Crippen LogP contribution in [0.4, 0.5) is 39.5 Å². The molecule has 0 spiro atoms. The number of likely N-dealkylation sites (tertiary alicyclic amines) is 1. The van der Waals surface area contributed by atoms with E-state index in [1.54, 1.807) is 0 Å². The van der Waals surface area contributed by atoms with Gasteiger partial charge in [0.2, 0.25) is 0 Å². The van der Waals surface area contributed by atoms with Gasteiger partial charge in [-0.3, -0.25) is 4.90 Å². The average Bonchev–Trinajstić information content (AvgIpc) is 2.76. The fourth-order valence-corrected chi connectivity index (χ4v) is 4.39. The van der Waals surface area contributed by atoms with Gasteiger partial charge < -0.3 is 5.11 Å². The van der Waals surface area contributed by atoms with Crippen LogP contribution in [0.5, 0.6) is 0 Å². The van der Waals surface area contributed by atoms with Crippen LogP contribution in [0.1, 0.15) is 59.7 Å². The van der Waals surface area contributed by atoms with Gasteiger partial charge in [0.15, 0.2) is 0 Å². The Morgan fingerprint density at radius 2 is 1.47 bits per heavy atom. The van der Waals surface area contributed by atoms with Gasteiger partial charge in [0.25, 0.3) is 0 Å². The van der Waals surface area contributed by atoms with Crippen molar-refractivity contribution >= 4 is 5.97 Å². The first-order valence-electron chi connectivity index (χ1n) is 10.6. The molecule has 2 atom stereocenters. The third-order valence-corrected chi connectivity index (χ3v) is 6.13. The zero-order chi connectivity index (χ0) is 27.1. The molecule has 3 rings (SSSR count). The second-order valence-electron chi connectivity index (χ2n) is 8.44. The van der Waals surface area contributed by atoms with Crippen molar-refractivity contribution in [2.75, 3.05) is 6.54 Å². The predicted octanol–water partition coefficient (Wildman–Crippen LogP) is 7.65. The number of hydrogen-bond donors (Lipinski definition) is 1. The van der Waals surface area contributed by atoms with Gasteiger partial charge in [0, 0.05) is 24.7 Å². The van der Waals surface area contributed by atoms with E-state index in [0.717, 1.165) is 30.3 Å². The molecule has 3 nitrogen and oxygen atoms in total. The molecule has 36 heavy (non-hydrogen) atoms. The Labute approximate surface area is 199 Å². The summed E-state index contributed by atoms with van der Waals surface area (Å²) >= 11 is 0. The summed E-state index contributed by atoms with van der Waals surface area (Å²) in [6.07, 6.45) is -13.5. The highest BCUT2D eigenvalue weighted by Gasteiger charge is 2.41. The van der Waals surface area contributed by atoms with E-state index in [0.29, 0.717) is 23.8 Å². The normalized spacial score (nSPS) is 19.9. The minimum absolute atomic E-state index is 0.0283. The smallest absolute Gasteiger partial charge is 0.416 e. The van der Waals surface area contributed by atoms with Crippen LogP contribution in [0.25, 0.3) is 0 Å². The lowest BCUT2D eigenvalue weighted by Gasteiger charge is -2.42. The Balaban J connectivity index is 2.10. The van der Waals surface area contributed by atoms with Crippen molar-refractivity contribution in [2.24, 2.45) is 0 Å². The predicted molar refractivity (Wildman–Crippen MR) is 111 cm³/mol. The van der Waals surface area contributed by atoms with Gasteiger partial charge in [-0.15, -0.1) is 0 Å². The monoisotopic (exact) mass is 525 g/mol. The maximum Gasteiger partial charge on any atom is 0.416 e. The minimum Gasteiger partial charge on any atom is -0.478 e. The van der Waals surface area contributed by atoms with Gasteiger partial charge in [0.1, 0.15) is 0 Å². The molecule has 196 valence electrons. The molecule has 1 aliphatic heterocycles. The molecule has 0 aliphatic carbocycles. The number of halogens is 9. The van der Waals surface area contributed by atoms with E-state index < -0.39 is 58.8 Å². The van der Waals surface area contributed by atoms with E-state index in [9.17, 15) is 44.3 Å². The molecule has 0 amide bonds. The fourth-order valence-electron chi connectivity index (χ4n) is 4.39. The molecule has 12 heteroatoms. The van der Waals surface area contributed by atoms with E-state index in [1.807, 2.05) is 0 Å². The number of alkyl halides is 9. The summed E-state index contributed by atoms with van der Waals surface area (Å²) in [4.78, 5) is 12.6. The largest absolute Gasteiger partial charge is 0.478 e. The van der Waals surface area contributed by atoms with Crippen molar-refractivity contribution < 1.29 is 49.4 Å². The van der Waals surface area contributed by atoms with Crippen LogP contribution in [0, 0.1) is 0 Å². The lowest BCUT2D eigenvalue weighted by atomic mass is 9.87. The minimum atomic E-state index is -4.96. The summed E-state index contributed by atoms with van der Waals surface area (Å²) in [6.45, 7) is 1.26.